The molecule has 2 atom stereocenters. The van der Waals surface area contributed by atoms with Crippen molar-refractivity contribution in [1.82, 2.24) is 18.9 Å². The SMILES string of the molecule is Cc1ccc(S(=O)(=O)n2ccc3c(NN4CC(C(=O)O)CCC4C)ncnc32)cc1. The Morgan fingerprint density at radius 3 is 2.60 bits per heavy atom. The second-order valence-electron chi connectivity index (χ2n) is 7.61. The van der Waals surface area contributed by atoms with Gasteiger partial charge in [0, 0.05) is 18.8 Å². The van der Waals surface area contributed by atoms with Crippen molar-refractivity contribution < 1.29 is 18.3 Å². The van der Waals surface area contributed by atoms with Crippen LogP contribution in [0, 0.1) is 12.8 Å². The van der Waals surface area contributed by atoms with Gasteiger partial charge in [0.05, 0.1) is 16.2 Å². The zero-order valence-corrected chi connectivity index (χ0v) is 17.5. The van der Waals surface area contributed by atoms with Crippen LogP contribution in [0.15, 0.2) is 47.8 Å². The first-order valence-electron chi connectivity index (χ1n) is 9.68. The standard InChI is InChI=1S/C20H23N5O4S/c1-13-3-7-16(8-4-13)30(28,29)25-10-9-17-18(21-12-22-19(17)25)23-24-11-15(20(26)27)6-5-14(24)2/h3-4,7-10,12,14-15H,5-6,11H2,1-2H3,(H,26,27)(H,21,22,23). The van der Waals surface area contributed by atoms with E-state index in [4.69, 9.17) is 0 Å². The summed E-state index contributed by atoms with van der Waals surface area (Å²) in [6.07, 6.45) is 4.12. The van der Waals surface area contributed by atoms with Gasteiger partial charge in [-0.1, -0.05) is 17.7 Å². The molecule has 9 nitrogen and oxygen atoms in total. The normalized spacial score (nSPS) is 20.3. The minimum absolute atomic E-state index is 0.115. The van der Waals surface area contributed by atoms with E-state index in [0.29, 0.717) is 24.2 Å². The number of fused-ring (bicyclic) bond motifs is 1. The maximum atomic E-state index is 13.1. The van der Waals surface area contributed by atoms with Crippen molar-refractivity contribution >= 4 is 32.8 Å². The number of carbonyl (C=O) groups is 1. The number of hydrogen-bond acceptors (Lipinski definition) is 7. The number of hydrogen-bond donors (Lipinski definition) is 2. The fourth-order valence-electron chi connectivity index (χ4n) is 3.64. The number of aryl methyl sites for hydroxylation is 1. The van der Waals surface area contributed by atoms with E-state index in [1.807, 2.05) is 18.9 Å². The quantitative estimate of drug-likeness (QED) is 0.635. The third-order valence-corrected chi connectivity index (χ3v) is 7.19. The van der Waals surface area contributed by atoms with E-state index in [9.17, 15) is 18.3 Å². The molecule has 10 heteroatoms. The lowest BCUT2D eigenvalue weighted by Crippen LogP contribution is -2.47. The lowest BCUT2D eigenvalue weighted by Gasteiger charge is -2.36. The number of rotatable bonds is 5. The fourth-order valence-corrected chi connectivity index (χ4v) is 4.94. The van der Waals surface area contributed by atoms with Gasteiger partial charge in [0.15, 0.2) is 11.5 Å². The van der Waals surface area contributed by atoms with Crippen LogP contribution in [0.3, 0.4) is 0 Å². The predicted octanol–water partition coefficient (Wildman–Crippen LogP) is 2.49. The molecule has 3 heterocycles. The van der Waals surface area contributed by atoms with Crippen molar-refractivity contribution in [3.63, 3.8) is 0 Å². The van der Waals surface area contributed by atoms with Gasteiger partial charge in [-0.05, 0) is 44.9 Å². The molecule has 0 aliphatic carbocycles. The van der Waals surface area contributed by atoms with Crippen LogP contribution in [-0.4, -0.2) is 51.0 Å². The van der Waals surface area contributed by atoms with Crippen molar-refractivity contribution in [2.75, 3.05) is 12.0 Å². The molecule has 4 rings (SSSR count). The Hall–Kier alpha value is -2.98. The van der Waals surface area contributed by atoms with Crippen LogP contribution in [0.2, 0.25) is 0 Å². The fraction of sp³-hybridized carbons (Fsp3) is 0.350. The summed E-state index contributed by atoms with van der Waals surface area (Å²) >= 11 is 0. The molecule has 2 unspecified atom stereocenters. The van der Waals surface area contributed by atoms with Gasteiger partial charge in [-0.25, -0.2) is 27.4 Å². The predicted molar refractivity (Wildman–Crippen MR) is 111 cm³/mol. The van der Waals surface area contributed by atoms with Gasteiger partial charge in [0.25, 0.3) is 10.0 Å². The molecule has 2 N–H and O–H groups in total. The maximum absolute atomic E-state index is 13.1. The summed E-state index contributed by atoms with van der Waals surface area (Å²) in [7, 11) is -3.81. The molecule has 158 valence electrons. The highest BCUT2D eigenvalue weighted by Gasteiger charge is 2.30. The molecule has 1 aromatic carbocycles. The number of anilines is 1. The lowest BCUT2D eigenvalue weighted by atomic mass is 9.95. The number of aromatic nitrogens is 3. The summed E-state index contributed by atoms with van der Waals surface area (Å²) in [4.78, 5) is 20.0. The van der Waals surface area contributed by atoms with E-state index < -0.39 is 21.9 Å². The average molecular weight is 430 g/mol. The zero-order chi connectivity index (χ0) is 21.5. The summed E-state index contributed by atoms with van der Waals surface area (Å²) in [6, 6.07) is 8.39. The summed E-state index contributed by atoms with van der Waals surface area (Å²) in [6.45, 7) is 4.24. The molecule has 3 aromatic rings. The Bertz CT molecular complexity index is 1190. The molecule has 1 fully saturated rings. The van der Waals surface area contributed by atoms with Crippen molar-refractivity contribution in [2.45, 2.75) is 37.6 Å². The number of nitrogens with zero attached hydrogens (tertiary/aromatic N) is 4. The highest BCUT2D eigenvalue weighted by atomic mass is 32.2. The topological polar surface area (TPSA) is 117 Å². The van der Waals surface area contributed by atoms with E-state index in [-0.39, 0.29) is 16.6 Å². The van der Waals surface area contributed by atoms with Crippen molar-refractivity contribution in [2.24, 2.45) is 5.92 Å². The van der Waals surface area contributed by atoms with Crippen molar-refractivity contribution in [3.8, 4) is 0 Å². The number of carboxylic acid groups (broad SMARTS) is 1. The van der Waals surface area contributed by atoms with E-state index in [1.54, 1.807) is 30.3 Å². The number of piperidine rings is 1. The molecular formula is C20H23N5O4S. The van der Waals surface area contributed by atoms with Crippen LogP contribution < -0.4 is 5.43 Å². The molecular weight excluding hydrogens is 406 g/mol. The van der Waals surface area contributed by atoms with Crippen molar-refractivity contribution in [3.05, 3.63) is 48.4 Å². The number of nitrogens with one attached hydrogen (secondary N) is 1. The van der Waals surface area contributed by atoms with Crippen molar-refractivity contribution in [1.29, 1.82) is 0 Å². The molecule has 0 saturated carbocycles. The van der Waals surface area contributed by atoms with E-state index in [1.165, 1.54) is 12.5 Å². The van der Waals surface area contributed by atoms with Gasteiger partial charge in [-0.2, -0.15) is 0 Å². The Morgan fingerprint density at radius 2 is 1.90 bits per heavy atom. The minimum atomic E-state index is -3.81. The second kappa shape index (κ2) is 7.69. The molecule has 1 aliphatic rings. The molecule has 2 aromatic heterocycles. The third kappa shape index (κ3) is 3.63. The molecule has 0 radical (unpaired) electrons. The van der Waals surface area contributed by atoms with E-state index in [2.05, 4.69) is 15.4 Å². The average Bonchev–Trinajstić information content (AvgIpc) is 3.16. The number of aliphatic carboxylic acids is 1. The number of carboxylic acids is 1. The highest BCUT2D eigenvalue weighted by molar-refractivity contribution is 7.90. The first-order chi connectivity index (χ1) is 14.3. The maximum Gasteiger partial charge on any atom is 0.307 e. The molecule has 0 spiro atoms. The zero-order valence-electron chi connectivity index (χ0n) is 16.7. The summed E-state index contributed by atoms with van der Waals surface area (Å²) in [5, 5.41) is 11.7. The van der Waals surface area contributed by atoms with E-state index >= 15 is 0 Å². The Labute approximate surface area is 174 Å². The van der Waals surface area contributed by atoms with Crippen LogP contribution in [-0.2, 0) is 14.8 Å². The third-order valence-electron chi connectivity index (χ3n) is 5.51. The molecule has 0 bridgehead atoms. The van der Waals surface area contributed by atoms with Gasteiger partial charge in [0.1, 0.15) is 6.33 Å². The van der Waals surface area contributed by atoms with Crippen LogP contribution in [0.5, 0.6) is 0 Å². The largest absolute Gasteiger partial charge is 0.481 e. The van der Waals surface area contributed by atoms with Crippen LogP contribution in [0.4, 0.5) is 5.82 Å². The number of benzene rings is 1. The van der Waals surface area contributed by atoms with Gasteiger partial charge >= 0.3 is 5.97 Å². The minimum Gasteiger partial charge on any atom is -0.481 e. The smallest absolute Gasteiger partial charge is 0.307 e. The van der Waals surface area contributed by atoms with Crippen LogP contribution >= 0.6 is 0 Å². The Morgan fingerprint density at radius 1 is 1.17 bits per heavy atom. The molecule has 1 saturated heterocycles. The van der Waals surface area contributed by atoms with Gasteiger partial charge < -0.3 is 10.5 Å². The molecule has 1 aliphatic heterocycles. The summed E-state index contributed by atoms with van der Waals surface area (Å²) in [5.41, 5.74) is 4.41. The molecule has 30 heavy (non-hydrogen) atoms. The highest BCUT2D eigenvalue weighted by Crippen LogP contribution is 2.27. The molecule has 0 amide bonds. The van der Waals surface area contributed by atoms with Gasteiger partial charge in [-0.15, -0.1) is 0 Å². The summed E-state index contributed by atoms with van der Waals surface area (Å²) < 4.78 is 27.3. The second-order valence-corrected chi connectivity index (χ2v) is 9.43. The van der Waals surface area contributed by atoms with Gasteiger partial charge in [0.2, 0.25) is 0 Å². The summed E-state index contributed by atoms with van der Waals surface area (Å²) in [5.74, 6) is -0.842. The Kier molecular flexibility index (Phi) is 5.20. The van der Waals surface area contributed by atoms with Crippen LogP contribution in [0.1, 0.15) is 25.3 Å². The number of hydrazine groups is 1. The first kappa shape index (κ1) is 20.3. The monoisotopic (exact) mass is 429 g/mol. The first-order valence-corrected chi connectivity index (χ1v) is 11.1. The van der Waals surface area contributed by atoms with Crippen LogP contribution in [0.25, 0.3) is 11.0 Å². The van der Waals surface area contributed by atoms with Gasteiger partial charge in [-0.3, -0.25) is 4.79 Å². The Balaban J connectivity index is 1.68. The van der Waals surface area contributed by atoms with E-state index in [0.717, 1.165) is 16.0 Å². The lowest BCUT2D eigenvalue weighted by molar-refractivity contribution is -0.143.